The second-order valence-corrected chi connectivity index (χ2v) is 5.86. The van der Waals surface area contributed by atoms with Gasteiger partial charge in [-0.1, -0.05) is 6.07 Å². The molecule has 0 saturated heterocycles. The molecular weight excluding hydrogens is 274 g/mol. The average molecular weight is 291 g/mol. The quantitative estimate of drug-likeness (QED) is 0.753. The number of nitrogen functional groups attached to an aromatic ring is 1. The van der Waals surface area contributed by atoms with E-state index >= 15 is 0 Å². The van der Waals surface area contributed by atoms with Gasteiger partial charge in [-0.3, -0.25) is 0 Å². The second-order valence-electron chi connectivity index (χ2n) is 4.62. The molecule has 0 spiro atoms. The molecule has 0 aliphatic carbocycles. The predicted octanol–water partition coefficient (Wildman–Crippen LogP) is 3.21. The molecule has 1 unspecified atom stereocenters. The number of aromatic nitrogens is 1. The molecule has 0 aliphatic heterocycles. The first-order chi connectivity index (χ1) is 9.40. The third-order valence-electron chi connectivity index (χ3n) is 3.02. The van der Waals surface area contributed by atoms with Crippen molar-refractivity contribution in [1.82, 2.24) is 4.98 Å². The summed E-state index contributed by atoms with van der Waals surface area (Å²) in [5, 5.41) is 13.4. The van der Waals surface area contributed by atoms with Crippen molar-refractivity contribution in [3.63, 3.8) is 0 Å². The predicted molar refractivity (Wildman–Crippen MR) is 81.4 cm³/mol. The molecule has 106 valence electrons. The number of aromatic carboxylic acids is 1. The Morgan fingerprint density at radius 2 is 2.15 bits per heavy atom. The van der Waals surface area contributed by atoms with Gasteiger partial charge in [0.15, 0.2) is 0 Å². The van der Waals surface area contributed by atoms with Crippen molar-refractivity contribution >= 4 is 28.7 Å². The lowest BCUT2D eigenvalue weighted by atomic mass is 10.1. The van der Waals surface area contributed by atoms with Gasteiger partial charge in [-0.15, -0.1) is 11.3 Å². The standard InChI is InChI=1S/C14H17N3O2S/c1-7-13(20-9(3)16-7)8(2)17-12-10(14(18)19)5-4-6-11(12)15/h4-6,8,17H,15H2,1-3H3,(H,18,19). The Hall–Kier alpha value is -2.08. The highest BCUT2D eigenvalue weighted by molar-refractivity contribution is 7.11. The minimum Gasteiger partial charge on any atom is -0.478 e. The molecule has 0 radical (unpaired) electrons. The first kappa shape index (κ1) is 14.3. The molecule has 2 aromatic rings. The molecule has 0 amide bonds. The molecule has 0 saturated carbocycles. The maximum absolute atomic E-state index is 11.3. The molecule has 0 fully saturated rings. The third-order valence-corrected chi connectivity index (χ3v) is 4.28. The van der Waals surface area contributed by atoms with E-state index in [1.54, 1.807) is 29.5 Å². The fourth-order valence-electron chi connectivity index (χ4n) is 2.14. The van der Waals surface area contributed by atoms with Crippen LogP contribution in [-0.4, -0.2) is 16.1 Å². The number of anilines is 2. The van der Waals surface area contributed by atoms with Crippen LogP contribution < -0.4 is 11.1 Å². The van der Waals surface area contributed by atoms with E-state index in [4.69, 9.17) is 5.73 Å². The van der Waals surface area contributed by atoms with E-state index in [0.717, 1.165) is 15.6 Å². The van der Waals surface area contributed by atoms with Crippen LogP contribution in [0.3, 0.4) is 0 Å². The number of aryl methyl sites for hydroxylation is 2. The molecule has 2 rings (SSSR count). The summed E-state index contributed by atoms with van der Waals surface area (Å²) < 4.78 is 0. The van der Waals surface area contributed by atoms with Crippen LogP contribution in [0.1, 0.15) is 38.9 Å². The Bertz CT molecular complexity index is 652. The molecule has 1 atom stereocenters. The molecule has 0 aliphatic rings. The van der Waals surface area contributed by atoms with Crippen molar-refractivity contribution in [2.75, 3.05) is 11.1 Å². The molecule has 20 heavy (non-hydrogen) atoms. The summed E-state index contributed by atoms with van der Waals surface area (Å²) in [6.45, 7) is 5.87. The highest BCUT2D eigenvalue weighted by Crippen LogP contribution is 2.31. The van der Waals surface area contributed by atoms with Crippen LogP contribution in [-0.2, 0) is 0 Å². The van der Waals surface area contributed by atoms with Crippen LogP contribution in [0.5, 0.6) is 0 Å². The minimum absolute atomic E-state index is 0.0519. The first-order valence-corrected chi connectivity index (χ1v) is 7.04. The van der Waals surface area contributed by atoms with Gasteiger partial charge in [0.2, 0.25) is 0 Å². The van der Waals surface area contributed by atoms with Crippen molar-refractivity contribution in [2.24, 2.45) is 0 Å². The molecule has 5 nitrogen and oxygen atoms in total. The summed E-state index contributed by atoms with van der Waals surface area (Å²) in [7, 11) is 0. The highest BCUT2D eigenvalue weighted by Gasteiger charge is 2.18. The van der Waals surface area contributed by atoms with Gasteiger partial charge in [0, 0.05) is 4.88 Å². The molecule has 6 heteroatoms. The molecule has 0 bridgehead atoms. The van der Waals surface area contributed by atoms with E-state index in [-0.39, 0.29) is 11.6 Å². The summed E-state index contributed by atoms with van der Waals surface area (Å²) in [6.07, 6.45) is 0. The maximum atomic E-state index is 11.3. The van der Waals surface area contributed by atoms with E-state index in [1.807, 2.05) is 20.8 Å². The number of nitrogens with zero attached hydrogens (tertiary/aromatic N) is 1. The summed E-state index contributed by atoms with van der Waals surface area (Å²) >= 11 is 1.60. The molecule has 1 aromatic heterocycles. The largest absolute Gasteiger partial charge is 0.478 e. The number of carboxylic acid groups (broad SMARTS) is 1. The fraction of sp³-hybridized carbons (Fsp3) is 0.286. The molecule has 1 heterocycles. The minimum atomic E-state index is -0.996. The Kier molecular flexibility index (Phi) is 3.94. The number of rotatable bonds is 4. The van der Waals surface area contributed by atoms with Gasteiger partial charge >= 0.3 is 5.97 Å². The lowest BCUT2D eigenvalue weighted by Gasteiger charge is -2.18. The average Bonchev–Trinajstić information content (AvgIpc) is 2.70. The smallest absolute Gasteiger partial charge is 0.337 e. The van der Waals surface area contributed by atoms with Gasteiger partial charge in [-0.25, -0.2) is 9.78 Å². The zero-order chi connectivity index (χ0) is 14.9. The van der Waals surface area contributed by atoms with Crippen LogP contribution >= 0.6 is 11.3 Å². The number of nitrogens with two attached hydrogens (primary N) is 1. The number of carbonyl (C=O) groups is 1. The number of carboxylic acids is 1. The monoisotopic (exact) mass is 291 g/mol. The Morgan fingerprint density at radius 3 is 2.70 bits per heavy atom. The van der Waals surface area contributed by atoms with Gasteiger partial charge in [0.1, 0.15) is 0 Å². The third kappa shape index (κ3) is 2.75. The summed E-state index contributed by atoms with van der Waals surface area (Å²) in [4.78, 5) is 16.7. The summed E-state index contributed by atoms with van der Waals surface area (Å²) in [5.74, 6) is -0.996. The van der Waals surface area contributed by atoms with E-state index in [9.17, 15) is 9.90 Å². The number of thiazole rings is 1. The number of benzene rings is 1. The lowest BCUT2D eigenvalue weighted by molar-refractivity contribution is 0.0698. The van der Waals surface area contributed by atoms with Crippen molar-refractivity contribution in [1.29, 1.82) is 0 Å². The van der Waals surface area contributed by atoms with Crippen LogP contribution in [0.4, 0.5) is 11.4 Å². The second kappa shape index (κ2) is 5.50. The number of hydrogen-bond donors (Lipinski definition) is 3. The Morgan fingerprint density at radius 1 is 1.45 bits per heavy atom. The first-order valence-electron chi connectivity index (χ1n) is 6.22. The van der Waals surface area contributed by atoms with Gasteiger partial charge < -0.3 is 16.2 Å². The van der Waals surface area contributed by atoms with E-state index in [0.29, 0.717) is 11.4 Å². The normalized spacial score (nSPS) is 12.2. The van der Waals surface area contributed by atoms with Crippen molar-refractivity contribution in [3.8, 4) is 0 Å². The highest BCUT2D eigenvalue weighted by atomic mass is 32.1. The summed E-state index contributed by atoms with van der Waals surface area (Å²) in [5.41, 5.74) is 7.91. The van der Waals surface area contributed by atoms with Crippen molar-refractivity contribution < 1.29 is 9.90 Å². The fourth-order valence-corrected chi connectivity index (χ4v) is 3.07. The maximum Gasteiger partial charge on any atom is 0.337 e. The van der Waals surface area contributed by atoms with Crippen molar-refractivity contribution in [2.45, 2.75) is 26.8 Å². The van der Waals surface area contributed by atoms with E-state index in [2.05, 4.69) is 10.3 Å². The van der Waals surface area contributed by atoms with Gasteiger partial charge in [-0.2, -0.15) is 0 Å². The Labute approximate surface area is 121 Å². The molecule has 1 aromatic carbocycles. The number of hydrogen-bond acceptors (Lipinski definition) is 5. The zero-order valence-corrected chi connectivity index (χ0v) is 12.4. The number of para-hydroxylation sites is 1. The van der Waals surface area contributed by atoms with Gasteiger partial charge in [0.05, 0.1) is 33.7 Å². The van der Waals surface area contributed by atoms with Crippen LogP contribution in [0.15, 0.2) is 18.2 Å². The van der Waals surface area contributed by atoms with E-state index in [1.165, 1.54) is 0 Å². The van der Waals surface area contributed by atoms with Crippen LogP contribution in [0.25, 0.3) is 0 Å². The molecular formula is C14H17N3O2S. The van der Waals surface area contributed by atoms with Crippen molar-refractivity contribution in [3.05, 3.63) is 39.3 Å². The van der Waals surface area contributed by atoms with Crippen LogP contribution in [0, 0.1) is 13.8 Å². The zero-order valence-electron chi connectivity index (χ0n) is 11.6. The topological polar surface area (TPSA) is 88.2 Å². The lowest BCUT2D eigenvalue weighted by Crippen LogP contribution is -2.12. The molecule has 4 N–H and O–H groups in total. The van der Waals surface area contributed by atoms with Gasteiger partial charge in [0.25, 0.3) is 0 Å². The summed E-state index contributed by atoms with van der Waals surface area (Å²) in [6, 6.07) is 4.81. The van der Waals surface area contributed by atoms with Crippen LogP contribution in [0.2, 0.25) is 0 Å². The number of nitrogens with one attached hydrogen (secondary N) is 1. The Balaban J connectivity index is 2.35. The van der Waals surface area contributed by atoms with E-state index < -0.39 is 5.97 Å². The SMILES string of the molecule is Cc1nc(C)c(C(C)Nc2c(N)cccc2C(=O)O)s1. The van der Waals surface area contributed by atoms with Gasteiger partial charge in [-0.05, 0) is 32.9 Å².